The minimum absolute atomic E-state index is 0.0700. The molecule has 2 heterocycles. The highest BCUT2D eigenvalue weighted by atomic mass is 35.5. The van der Waals surface area contributed by atoms with Crippen molar-refractivity contribution >= 4 is 109 Å². The Kier molecular flexibility index (Phi) is 37.2. The van der Waals surface area contributed by atoms with Crippen LogP contribution in [0.3, 0.4) is 0 Å². The number of nitrogens with zero attached hydrogens (tertiary/aromatic N) is 8. The second kappa shape index (κ2) is 48.4. The van der Waals surface area contributed by atoms with Gasteiger partial charge in [0.1, 0.15) is 19.0 Å². The van der Waals surface area contributed by atoms with Crippen molar-refractivity contribution in [1.82, 2.24) is 4.98 Å². The maximum Gasteiger partial charge on any atom is 0.485 e. The molecule has 129 heavy (non-hydrogen) atoms. The predicted molar refractivity (Wildman–Crippen MR) is 460 cm³/mol. The fourth-order valence-corrected chi connectivity index (χ4v) is 11.2. The van der Waals surface area contributed by atoms with Crippen molar-refractivity contribution in [3.05, 3.63) is 392 Å². The van der Waals surface area contributed by atoms with Crippen LogP contribution in [0.2, 0.25) is 5.02 Å². The van der Waals surface area contributed by atoms with E-state index in [0.29, 0.717) is 38.6 Å². The second-order valence-corrected chi connectivity index (χ2v) is 29.1. The van der Waals surface area contributed by atoms with E-state index in [1.54, 1.807) is 158 Å². The van der Waals surface area contributed by atoms with E-state index in [4.69, 9.17) is 43.9 Å². The average molecular weight is 1810 g/mol. The van der Waals surface area contributed by atoms with E-state index < -0.39 is 80.3 Å². The summed E-state index contributed by atoms with van der Waals surface area (Å²) in [6, 6.07) is 81.0. The summed E-state index contributed by atoms with van der Waals surface area (Å²) < 4.78 is 139. The number of aryl methyl sites for hydroxylation is 2. The molecular weight excluding hydrogens is 1740 g/mol. The molecule has 0 N–H and O–H groups in total. The molecule has 2 aliphatic carbocycles. The highest BCUT2D eigenvalue weighted by Gasteiger charge is 2.39. The van der Waals surface area contributed by atoms with Crippen molar-refractivity contribution in [2.24, 2.45) is 43.9 Å². The molecule has 10 aromatic carbocycles. The topological polar surface area (TPSA) is 323 Å². The summed E-state index contributed by atoms with van der Waals surface area (Å²) in [5.74, 6) is -4.97. The fraction of sp³-hybridized carbons (Fsp3) is 0.138. The van der Waals surface area contributed by atoms with Gasteiger partial charge < -0.3 is 33.6 Å². The number of pyridine rings is 2. The van der Waals surface area contributed by atoms with Crippen molar-refractivity contribution in [2.75, 3.05) is 0 Å². The maximum absolute atomic E-state index is 13.0. The first-order valence-corrected chi connectivity index (χ1v) is 40.1. The Labute approximate surface area is 737 Å². The van der Waals surface area contributed by atoms with E-state index in [2.05, 4.69) is 63.8 Å². The third-order valence-corrected chi connectivity index (χ3v) is 18.3. The van der Waals surface area contributed by atoms with Gasteiger partial charge in [-0.25, -0.2) is 41.8 Å². The van der Waals surface area contributed by atoms with E-state index in [1.165, 1.54) is 29.1 Å². The number of Topliss-reactive ketones (excluding diaryl/α,β-unsaturated/α-hetero) is 1. The van der Waals surface area contributed by atoms with Crippen molar-refractivity contribution in [2.45, 2.75) is 71.2 Å². The van der Waals surface area contributed by atoms with Crippen LogP contribution in [0, 0.1) is 5.92 Å². The van der Waals surface area contributed by atoms with E-state index >= 15 is 0 Å². The third kappa shape index (κ3) is 32.4. The van der Waals surface area contributed by atoms with E-state index in [-0.39, 0.29) is 35.8 Å². The van der Waals surface area contributed by atoms with Crippen LogP contribution in [0.1, 0.15) is 137 Å². The Morgan fingerprint density at radius 2 is 0.969 bits per heavy atom. The van der Waals surface area contributed by atoms with Crippen LogP contribution < -0.4 is 4.57 Å². The quantitative estimate of drug-likeness (QED) is 0.0119. The summed E-state index contributed by atoms with van der Waals surface area (Å²) in [5, 5.41) is 25.0. The van der Waals surface area contributed by atoms with Gasteiger partial charge in [0, 0.05) is 71.6 Å². The number of hydrogen-bond donors (Lipinski definition) is 0. The number of oxime groups is 6. The maximum atomic E-state index is 13.0. The first-order chi connectivity index (χ1) is 61.4. The number of carbonyl (C=O) groups is 7. The van der Waals surface area contributed by atoms with Gasteiger partial charge in [-0.3, -0.25) is 9.78 Å². The molecule has 14 rings (SSSR count). The monoisotopic (exact) mass is 1810 g/mol. The Morgan fingerprint density at radius 1 is 0.481 bits per heavy atom. The van der Waals surface area contributed by atoms with Crippen LogP contribution in [0.5, 0.6) is 0 Å². The van der Waals surface area contributed by atoms with Gasteiger partial charge in [0.05, 0.1) is 62.6 Å². The number of fused-ring (bicyclic) bond motifs is 3. The van der Waals surface area contributed by atoms with Crippen LogP contribution in [0.15, 0.2) is 335 Å². The molecule has 0 saturated carbocycles. The zero-order valence-corrected chi connectivity index (χ0v) is 70.3. The Hall–Kier alpha value is -15.2. The molecule has 664 valence electrons. The summed E-state index contributed by atoms with van der Waals surface area (Å²) >= 11 is 5.83. The second-order valence-electron chi connectivity index (χ2n) is 27.3. The number of alkyl halides is 9. The lowest BCUT2D eigenvalue weighted by Gasteiger charge is -2.13. The first kappa shape index (κ1) is 99.3. The van der Waals surface area contributed by atoms with Gasteiger partial charge in [-0.1, -0.05) is 263 Å². The lowest BCUT2D eigenvalue weighted by molar-refractivity contribution is -0.672. The molecule has 0 unspecified atom stereocenters. The molecule has 2 aliphatic rings. The smallest absolute Gasteiger partial charge is 0.485 e. The van der Waals surface area contributed by atoms with Crippen molar-refractivity contribution < 1.29 is 120 Å². The highest BCUT2D eigenvalue weighted by Crippen LogP contribution is 2.37. The number of rotatable bonds is 17. The number of halogens is 10. The number of benzene rings is 10. The van der Waals surface area contributed by atoms with E-state index in [1.807, 2.05) is 141 Å². The molecule has 0 saturated heterocycles. The molecule has 0 bridgehead atoms. The molecule has 24 nitrogen and oxygen atoms in total. The van der Waals surface area contributed by atoms with Crippen molar-refractivity contribution in [3.8, 4) is 0 Å². The molecule has 2 aromatic heterocycles. The first-order valence-electron chi connectivity index (χ1n) is 38.3. The van der Waals surface area contributed by atoms with Crippen molar-refractivity contribution in [1.29, 1.82) is 0 Å². The summed E-state index contributed by atoms with van der Waals surface area (Å²) in [6.45, 7) is 6.44. The number of ketones is 1. The summed E-state index contributed by atoms with van der Waals surface area (Å²) in [6.07, 6.45) is 1.02. The fourth-order valence-electron chi connectivity index (χ4n) is 11.0. The summed E-state index contributed by atoms with van der Waals surface area (Å²) in [5.41, 5.74) is 2.53. The zero-order chi connectivity index (χ0) is 93.7. The molecule has 0 fully saturated rings. The van der Waals surface area contributed by atoms with Crippen LogP contribution in [-0.2, 0) is 92.2 Å². The minimum Gasteiger partial charge on any atom is -0.741 e. The molecule has 0 atom stereocenters. The number of aromatic nitrogens is 2. The SMILES string of the molecule is C/C(=N\OC(=O)c1cccc2ccccc12)c1ccccc1.CC(=O)C(=O)O/N=C/c1cccc[n+]1C.CC(C)C(=O)O/N=C/c1cccnc1.O=C(O/N=C1\CCc2ccccc21)c1ccccc1.O=C(ON=C(c1ccccc1)c1ccccc1)c1cc(C(F)(F)F)cc(C(F)(F)F)c1.O=C(ON=C1Cc2ccccc2C1)c1cccc(Cl)c1.O=S(=O)([O-])C(F)(F)F. The van der Waals surface area contributed by atoms with Crippen LogP contribution in [-0.4, -0.2) is 100 Å². The van der Waals surface area contributed by atoms with E-state index in [0.717, 1.165) is 77.2 Å². The molecule has 0 amide bonds. The van der Waals surface area contributed by atoms with E-state index in [9.17, 15) is 73.1 Å². The molecular formula is C94H76ClF9N8O16S. The van der Waals surface area contributed by atoms with Crippen LogP contribution >= 0.6 is 11.6 Å². The van der Waals surface area contributed by atoms with Gasteiger partial charge in [-0.2, -0.15) is 39.5 Å². The van der Waals surface area contributed by atoms with Crippen LogP contribution in [0.4, 0.5) is 39.5 Å². The van der Waals surface area contributed by atoms with Gasteiger partial charge in [0.15, 0.2) is 16.3 Å². The average Bonchev–Trinajstić information content (AvgIpc) is 1.68. The Balaban J connectivity index is 0.000000191. The number of carbonyl (C=O) groups excluding carboxylic acids is 7. The molecule has 35 heteroatoms. The predicted octanol–water partition coefficient (Wildman–Crippen LogP) is 19.2. The standard InChI is InChI=1S/C22H13F6NO2.C19H15NO2.C16H12ClNO2.C16H13NO2.C10H11N2O3.C10H12N2O2.CHF3O3S/c23-21(24,25)17-11-16(12-18(13-17)22(26,27)28)20(30)31-29-19(14-7-3-1-4-8-14)15-9-5-2-6-10-15;1-14(15-8-3-2-4-9-15)20-22-19(21)18-13-7-11-16-10-5-6-12-17(16)18;17-14-7-3-6-13(8-14)16(19)20-18-15-9-11-4-1-2-5-12(11)10-15;18-16(13-7-2-1-3-8-13)19-17-15-11-10-12-6-4-5-9-14(12)15;1-8(13)10(14)15-11-7-9-5-3-4-6-12(9)2;1-8(2)10(13)14-12-7-9-4-3-5-11-6-9;2-1(3,4)8(5,6)7/h1-13H;2-13H,1H3;1-8H,9-10H2;1-9H,10-11H2;3-7H,1-2H3;3-8H,1-2H3;(H,5,6,7)/q;;;;+1;;/p-1/b;20-14+;;17-15+;11-7+;12-7+;. The van der Waals surface area contributed by atoms with Gasteiger partial charge in [0.25, 0.3) is 0 Å². The highest BCUT2D eigenvalue weighted by molar-refractivity contribution is 7.86. The Bertz CT molecular complexity index is 6090. The number of hydrogen-bond acceptors (Lipinski definition) is 23. The minimum atomic E-state index is -6.09. The molecule has 0 spiro atoms. The van der Waals surface area contributed by atoms with Crippen molar-refractivity contribution in [3.63, 3.8) is 0 Å². The largest absolute Gasteiger partial charge is 0.741 e. The summed E-state index contributed by atoms with van der Waals surface area (Å²) in [7, 11) is -4.26. The summed E-state index contributed by atoms with van der Waals surface area (Å²) in [4.78, 5) is 113. The van der Waals surface area contributed by atoms with Gasteiger partial charge in [0.2, 0.25) is 11.5 Å². The zero-order valence-electron chi connectivity index (χ0n) is 68.7. The molecule has 12 aromatic rings. The molecule has 0 aliphatic heterocycles. The van der Waals surface area contributed by atoms with Gasteiger partial charge >= 0.3 is 53.7 Å². The van der Waals surface area contributed by atoms with Crippen LogP contribution in [0.25, 0.3) is 10.8 Å². The lowest BCUT2D eigenvalue weighted by atomic mass is 10.0. The third-order valence-electron chi connectivity index (χ3n) is 17.5. The van der Waals surface area contributed by atoms with Gasteiger partial charge in [-0.15, -0.1) is 0 Å². The normalized spacial score (nSPS) is 12.2. The Morgan fingerprint density at radius 3 is 1.52 bits per heavy atom. The van der Waals surface area contributed by atoms with Gasteiger partial charge in [-0.05, 0) is 120 Å². The lowest BCUT2D eigenvalue weighted by Crippen LogP contribution is -2.32. The molecule has 0 radical (unpaired) electrons.